The van der Waals surface area contributed by atoms with Gasteiger partial charge in [0, 0.05) is 17.5 Å². The minimum Gasteiger partial charge on any atom is -0.347 e. The highest BCUT2D eigenvalue weighted by Gasteiger charge is 2.17. The van der Waals surface area contributed by atoms with E-state index in [9.17, 15) is 8.42 Å². The molecule has 0 aliphatic heterocycles. The molecule has 7 heteroatoms. The number of rotatable bonds is 4. The topological polar surface area (TPSA) is 101 Å². The number of imidazole rings is 1. The highest BCUT2D eigenvalue weighted by Crippen LogP contribution is 2.14. The Hall–Kier alpha value is -2.14. The van der Waals surface area contributed by atoms with Gasteiger partial charge >= 0.3 is 0 Å². The maximum atomic E-state index is 12.3. The van der Waals surface area contributed by atoms with Gasteiger partial charge in [-0.3, -0.25) is 0 Å². The van der Waals surface area contributed by atoms with E-state index in [1.165, 1.54) is 12.4 Å². The van der Waals surface area contributed by atoms with Crippen LogP contribution in [0.2, 0.25) is 0 Å². The van der Waals surface area contributed by atoms with E-state index in [0.29, 0.717) is 11.3 Å². The second-order valence-electron chi connectivity index (χ2n) is 3.90. The third-order valence-electron chi connectivity index (χ3n) is 2.51. The van der Waals surface area contributed by atoms with Crippen molar-refractivity contribution in [2.45, 2.75) is 11.4 Å². The molecule has 1 aromatic carbocycles. The van der Waals surface area contributed by atoms with Crippen LogP contribution in [-0.4, -0.2) is 24.9 Å². The Morgan fingerprint density at radius 2 is 2.15 bits per heavy atom. The van der Waals surface area contributed by atoms with E-state index < -0.39 is 10.0 Å². The van der Waals surface area contributed by atoms with Gasteiger partial charge in [0.2, 0.25) is 10.0 Å². The number of aromatic nitrogens is 2. The first kappa shape index (κ1) is 14.3. The number of aromatic amines is 1. The number of nitrogens with two attached hydrogens (primary N) is 1. The molecule has 0 saturated heterocycles. The lowest BCUT2D eigenvalue weighted by molar-refractivity contribution is 0.580. The quantitative estimate of drug-likeness (QED) is 0.700. The van der Waals surface area contributed by atoms with Crippen LogP contribution in [0, 0.1) is 11.8 Å². The van der Waals surface area contributed by atoms with Crippen molar-refractivity contribution in [3.05, 3.63) is 48.0 Å². The van der Waals surface area contributed by atoms with Crippen LogP contribution in [0.1, 0.15) is 11.3 Å². The van der Waals surface area contributed by atoms with Gasteiger partial charge in [-0.05, 0) is 12.1 Å². The minimum atomic E-state index is -3.64. The summed E-state index contributed by atoms with van der Waals surface area (Å²) >= 11 is 0. The minimum absolute atomic E-state index is 0.139. The smallest absolute Gasteiger partial charge is 0.242 e. The molecule has 0 bridgehead atoms. The zero-order valence-corrected chi connectivity index (χ0v) is 11.4. The zero-order chi connectivity index (χ0) is 14.4. The van der Waals surface area contributed by atoms with Gasteiger partial charge in [0.25, 0.3) is 0 Å². The first-order valence-corrected chi connectivity index (χ1v) is 7.36. The van der Waals surface area contributed by atoms with Gasteiger partial charge in [-0.15, -0.1) is 0 Å². The highest BCUT2D eigenvalue weighted by atomic mass is 32.2. The van der Waals surface area contributed by atoms with Crippen LogP contribution in [0.5, 0.6) is 0 Å². The van der Waals surface area contributed by atoms with Crippen LogP contribution in [0.25, 0.3) is 0 Å². The van der Waals surface area contributed by atoms with Gasteiger partial charge in [0.15, 0.2) is 0 Å². The fraction of sp³-hybridized carbons (Fsp3) is 0.154. The Morgan fingerprint density at radius 1 is 1.35 bits per heavy atom. The molecule has 0 amide bonds. The van der Waals surface area contributed by atoms with Gasteiger partial charge in [-0.1, -0.05) is 24.0 Å². The molecule has 2 rings (SSSR count). The Kier molecular flexibility index (Phi) is 4.53. The van der Waals surface area contributed by atoms with Crippen molar-refractivity contribution in [3.8, 4) is 11.8 Å². The second-order valence-corrected chi connectivity index (χ2v) is 5.64. The van der Waals surface area contributed by atoms with Crippen molar-refractivity contribution < 1.29 is 8.42 Å². The van der Waals surface area contributed by atoms with Crippen molar-refractivity contribution in [2.24, 2.45) is 5.73 Å². The van der Waals surface area contributed by atoms with Crippen molar-refractivity contribution >= 4 is 10.0 Å². The van der Waals surface area contributed by atoms with Crippen molar-refractivity contribution in [1.29, 1.82) is 0 Å². The molecule has 0 aliphatic carbocycles. The summed E-state index contributed by atoms with van der Waals surface area (Å²) in [5.74, 6) is 5.41. The molecule has 0 spiro atoms. The molecule has 4 N–H and O–H groups in total. The van der Waals surface area contributed by atoms with Crippen molar-refractivity contribution in [2.75, 3.05) is 6.54 Å². The molecular weight excluding hydrogens is 276 g/mol. The Balaban J connectivity index is 2.25. The molecule has 104 valence electrons. The molecular formula is C13H14N4O2S. The van der Waals surface area contributed by atoms with Crippen LogP contribution in [0.15, 0.2) is 41.7 Å². The van der Waals surface area contributed by atoms with Crippen LogP contribution in [0.4, 0.5) is 0 Å². The molecule has 0 saturated carbocycles. The number of H-pyrrole nitrogens is 1. The summed E-state index contributed by atoms with van der Waals surface area (Å²) < 4.78 is 27.0. The molecule has 6 nitrogen and oxygen atoms in total. The van der Waals surface area contributed by atoms with Gasteiger partial charge in [0.05, 0.1) is 24.3 Å². The third-order valence-corrected chi connectivity index (χ3v) is 3.97. The average molecular weight is 290 g/mol. The van der Waals surface area contributed by atoms with Crippen LogP contribution < -0.4 is 10.5 Å². The van der Waals surface area contributed by atoms with E-state index in [2.05, 4.69) is 26.5 Å². The van der Waals surface area contributed by atoms with Crippen molar-refractivity contribution in [3.63, 3.8) is 0 Å². The predicted molar refractivity (Wildman–Crippen MR) is 75.0 cm³/mol. The number of nitrogens with zero attached hydrogens (tertiary/aromatic N) is 1. The summed E-state index contributed by atoms with van der Waals surface area (Å²) in [6.07, 6.45) is 3.05. The van der Waals surface area contributed by atoms with E-state index in [1.54, 1.807) is 24.4 Å². The fourth-order valence-corrected chi connectivity index (χ4v) is 2.75. The maximum Gasteiger partial charge on any atom is 0.242 e. The summed E-state index contributed by atoms with van der Waals surface area (Å²) in [4.78, 5) is 6.79. The molecule has 0 fully saturated rings. The van der Waals surface area contributed by atoms with Gasteiger partial charge < -0.3 is 10.7 Å². The molecule has 1 aromatic heterocycles. The molecule has 0 atom stereocenters. The SMILES string of the molecule is NCC#Cc1ccccc1S(=O)(=O)NCc1cnc[nH]1. The summed E-state index contributed by atoms with van der Waals surface area (Å²) in [7, 11) is -3.64. The molecule has 0 unspecified atom stereocenters. The zero-order valence-electron chi connectivity index (χ0n) is 10.6. The fourth-order valence-electron chi connectivity index (χ4n) is 1.58. The predicted octanol–water partition coefficient (Wildman–Crippen LogP) is 0.198. The number of sulfonamides is 1. The summed E-state index contributed by atoms with van der Waals surface area (Å²) in [6, 6.07) is 6.54. The lowest BCUT2D eigenvalue weighted by Crippen LogP contribution is -2.24. The van der Waals surface area contributed by atoms with Gasteiger partial charge in [-0.25, -0.2) is 18.1 Å². The maximum absolute atomic E-state index is 12.3. The van der Waals surface area contributed by atoms with Crippen LogP contribution in [0.3, 0.4) is 0 Å². The van der Waals surface area contributed by atoms with E-state index in [4.69, 9.17) is 5.73 Å². The van der Waals surface area contributed by atoms with E-state index in [1.807, 2.05) is 0 Å². The van der Waals surface area contributed by atoms with Gasteiger partial charge in [0.1, 0.15) is 0 Å². The van der Waals surface area contributed by atoms with Crippen LogP contribution in [-0.2, 0) is 16.6 Å². The molecule has 20 heavy (non-hydrogen) atoms. The lowest BCUT2D eigenvalue weighted by Gasteiger charge is -2.07. The van der Waals surface area contributed by atoms with Crippen LogP contribution >= 0.6 is 0 Å². The second kappa shape index (κ2) is 6.34. The number of benzene rings is 1. The number of hydrogen-bond acceptors (Lipinski definition) is 4. The normalized spacial score (nSPS) is 10.8. The largest absolute Gasteiger partial charge is 0.347 e. The molecule has 1 heterocycles. The summed E-state index contributed by atoms with van der Waals surface area (Å²) in [5.41, 5.74) is 6.41. The Morgan fingerprint density at radius 3 is 2.85 bits per heavy atom. The standard InChI is InChI=1S/C13H14N4O2S/c14-7-3-5-11-4-1-2-6-13(11)20(18,19)17-9-12-8-15-10-16-12/h1-2,4,6,8,10,17H,7,9,14H2,(H,15,16). The van der Waals surface area contributed by atoms with Gasteiger partial charge in [-0.2, -0.15) is 0 Å². The van der Waals surface area contributed by atoms with E-state index in [0.717, 1.165) is 0 Å². The first-order valence-electron chi connectivity index (χ1n) is 5.88. The average Bonchev–Trinajstić information content (AvgIpc) is 2.97. The summed E-state index contributed by atoms with van der Waals surface area (Å²) in [6.45, 7) is 0.316. The highest BCUT2D eigenvalue weighted by molar-refractivity contribution is 7.89. The van der Waals surface area contributed by atoms with E-state index >= 15 is 0 Å². The summed E-state index contributed by atoms with van der Waals surface area (Å²) in [5, 5.41) is 0. The number of hydrogen-bond donors (Lipinski definition) is 3. The number of nitrogens with one attached hydrogen (secondary N) is 2. The first-order chi connectivity index (χ1) is 9.63. The Labute approximate surface area is 117 Å². The Bertz CT molecular complexity index is 727. The molecule has 2 aromatic rings. The third kappa shape index (κ3) is 3.45. The lowest BCUT2D eigenvalue weighted by atomic mass is 10.2. The molecule has 0 aliphatic rings. The van der Waals surface area contributed by atoms with Crippen molar-refractivity contribution in [1.82, 2.24) is 14.7 Å². The monoisotopic (exact) mass is 290 g/mol. The van der Waals surface area contributed by atoms with E-state index in [-0.39, 0.29) is 18.0 Å². The molecule has 0 radical (unpaired) electrons.